The van der Waals surface area contributed by atoms with E-state index >= 15 is 0 Å². The summed E-state index contributed by atoms with van der Waals surface area (Å²) in [4.78, 5) is 50.2. The summed E-state index contributed by atoms with van der Waals surface area (Å²) >= 11 is 0. The number of nitro groups is 1. The Morgan fingerprint density at radius 1 is 1.26 bits per heavy atom. The number of carbonyl (C=O) groups excluding carboxylic acids is 3. The first kappa shape index (κ1) is 23.5. The summed E-state index contributed by atoms with van der Waals surface area (Å²) in [6, 6.07) is -0.604. The van der Waals surface area contributed by atoms with Crippen LogP contribution in [-0.4, -0.2) is 73.3 Å². The minimum Gasteiger partial charge on any atom is -0.510 e. The summed E-state index contributed by atoms with van der Waals surface area (Å²) in [5.74, 6) is -9.35. The predicted octanol–water partition coefficient (Wildman–Crippen LogP) is 1.27. The van der Waals surface area contributed by atoms with Crippen LogP contribution in [0.5, 0.6) is 5.75 Å². The Kier molecular flexibility index (Phi) is 5.14. The van der Waals surface area contributed by atoms with Crippen molar-refractivity contribution in [2.75, 3.05) is 14.1 Å². The average Bonchev–Trinajstić information content (AvgIpc) is 2.72. The average molecular weight is 476 g/mol. The largest absolute Gasteiger partial charge is 0.510 e. The first-order valence-corrected chi connectivity index (χ1v) is 10.3. The third-order valence-corrected chi connectivity index (χ3v) is 6.95. The molecule has 12 heteroatoms. The zero-order valence-electron chi connectivity index (χ0n) is 18.3. The quantitative estimate of drug-likeness (QED) is 0.282. The van der Waals surface area contributed by atoms with Crippen molar-refractivity contribution >= 4 is 23.0 Å². The number of aliphatic hydroxyl groups is 3. The maximum atomic E-state index is 14.7. The van der Waals surface area contributed by atoms with Gasteiger partial charge in [0.15, 0.2) is 17.2 Å². The molecule has 0 aliphatic heterocycles. The second-order valence-electron chi connectivity index (χ2n) is 8.99. The Morgan fingerprint density at radius 2 is 1.88 bits per heavy atom. The van der Waals surface area contributed by atoms with Gasteiger partial charge in [-0.05, 0) is 39.8 Å². The predicted molar refractivity (Wildman–Crippen MR) is 112 cm³/mol. The molecule has 34 heavy (non-hydrogen) atoms. The number of aromatic hydroxyl groups is 1. The summed E-state index contributed by atoms with van der Waals surface area (Å²) in [7, 11) is 3.03. The van der Waals surface area contributed by atoms with Crippen LogP contribution in [0.1, 0.15) is 29.3 Å². The van der Waals surface area contributed by atoms with E-state index in [1.807, 2.05) is 0 Å². The number of aliphatic hydroxyl groups excluding tert-OH is 2. The smallest absolute Gasteiger partial charge is 0.314 e. The fraction of sp³-hybridized carbons (Fsp3) is 0.409. The van der Waals surface area contributed by atoms with Crippen LogP contribution in [0.3, 0.4) is 0 Å². The minimum absolute atomic E-state index is 0.178. The van der Waals surface area contributed by atoms with Crippen LogP contribution < -0.4 is 0 Å². The molecule has 11 nitrogen and oxygen atoms in total. The Labute approximate surface area is 191 Å². The van der Waals surface area contributed by atoms with Gasteiger partial charge in [0.2, 0.25) is 11.5 Å². The van der Waals surface area contributed by atoms with Crippen molar-refractivity contribution in [2.24, 2.45) is 11.8 Å². The van der Waals surface area contributed by atoms with Crippen LogP contribution in [0.25, 0.3) is 0 Å². The van der Waals surface area contributed by atoms with Gasteiger partial charge in [0, 0.05) is 17.1 Å². The van der Waals surface area contributed by atoms with Crippen LogP contribution >= 0.6 is 0 Å². The van der Waals surface area contributed by atoms with Gasteiger partial charge >= 0.3 is 5.69 Å². The molecule has 4 rings (SSSR count). The van der Waals surface area contributed by atoms with Gasteiger partial charge in [-0.25, -0.2) is 4.39 Å². The summed E-state index contributed by atoms with van der Waals surface area (Å²) in [6.07, 6.45) is -0.453. The van der Waals surface area contributed by atoms with E-state index in [0.29, 0.717) is 6.07 Å². The number of hydrogen-bond acceptors (Lipinski definition) is 10. The van der Waals surface area contributed by atoms with E-state index in [2.05, 4.69) is 0 Å². The maximum absolute atomic E-state index is 14.7. The van der Waals surface area contributed by atoms with Crippen LogP contribution in [0.4, 0.5) is 10.1 Å². The molecule has 2 unspecified atom stereocenters. The SMILES string of the molecule is CC(=O)C1=C(O)[C@@H](N(C)C)C2CC3Cc4c(F)cc([N+](=O)[O-])c(O)c4C(=O)C3=C(O)[C@]2(O)C1=O. The fourth-order valence-electron chi connectivity index (χ4n) is 5.50. The number of allylic oxidation sites excluding steroid dienone is 1. The van der Waals surface area contributed by atoms with E-state index in [1.165, 1.54) is 19.0 Å². The molecule has 1 aromatic carbocycles. The number of hydrogen-bond donors (Lipinski definition) is 4. The molecule has 0 heterocycles. The molecule has 0 spiro atoms. The van der Waals surface area contributed by atoms with Gasteiger partial charge in [-0.3, -0.25) is 29.4 Å². The molecule has 0 saturated carbocycles. The Balaban J connectivity index is 1.99. The molecule has 3 aliphatic carbocycles. The molecule has 4 N–H and O–H groups in total. The van der Waals surface area contributed by atoms with Crippen molar-refractivity contribution in [2.45, 2.75) is 31.4 Å². The number of phenolic OH excluding ortho intramolecular Hbond substituents is 1. The van der Waals surface area contributed by atoms with Gasteiger partial charge in [0.25, 0.3) is 0 Å². The number of halogens is 1. The standard InChI is InChI=1S/C22H21FN2O9/c1-7(26)13-19(29)16(24(2)3)10-5-8-4-9-11(23)6-12(25(33)34)17(27)15(9)18(28)14(8)21(31)22(10,32)20(13)30/h6,8,10,16,27,29,31-32H,4-5H2,1-3H3/t8?,10?,16-,22+/m0/s1. The molecular weight excluding hydrogens is 455 g/mol. The molecule has 0 bridgehead atoms. The molecule has 0 amide bonds. The third-order valence-electron chi connectivity index (χ3n) is 6.95. The molecule has 0 saturated heterocycles. The summed E-state index contributed by atoms with van der Waals surface area (Å²) in [5.41, 5.74) is -6.08. The monoisotopic (exact) mass is 476 g/mol. The molecule has 0 radical (unpaired) electrons. The fourth-order valence-corrected chi connectivity index (χ4v) is 5.50. The third kappa shape index (κ3) is 2.85. The molecule has 4 atom stereocenters. The summed E-state index contributed by atoms with van der Waals surface area (Å²) < 4.78 is 14.7. The highest BCUT2D eigenvalue weighted by molar-refractivity contribution is 6.25. The van der Waals surface area contributed by atoms with Gasteiger partial charge in [0.1, 0.15) is 22.9 Å². The Bertz CT molecular complexity index is 1270. The first-order chi connectivity index (χ1) is 15.7. The highest BCUT2D eigenvalue weighted by atomic mass is 19.1. The zero-order valence-corrected chi connectivity index (χ0v) is 18.3. The molecule has 1 aromatic rings. The highest BCUT2D eigenvalue weighted by Crippen LogP contribution is 2.53. The van der Waals surface area contributed by atoms with E-state index < -0.39 is 91.2 Å². The number of nitrogens with zero attached hydrogens (tertiary/aromatic N) is 2. The van der Waals surface area contributed by atoms with Gasteiger partial charge < -0.3 is 20.4 Å². The van der Waals surface area contributed by atoms with E-state index in [1.54, 1.807) is 0 Å². The van der Waals surface area contributed by atoms with E-state index in [0.717, 1.165) is 6.92 Å². The lowest BCUT2D eigenvalue weighted by molar-refractivity contribution is -0.386. The van der Waals surface area contributed by atoms with Crippen molar-refractivity contribution in [1.29, 1.82) is 0 Å². The number of phenols is 1. The van der Waals surface area contributed by atoms with Gasteiger partial charge in [-0.1, -0.05) is 0 Å². The van der Waals surface area contributed by atoms with Gasteiger partial charge in [-0.15, -0.1) is 0 Å². The number of benzene rings is 1. The van der Waals surface area contributed by atoms with Gasteiger partial charge in [0.05, 0.1) is 22.6 Å². The number of fused-ring (bicyclic) bond motifs is 3. The lowest BCUT2D eigenvalue weighted by atomic mass is 9.58. The summed E-state index contributed by atoms with van der Waals surface area (Å²) in [5, 5.41) is 54.8. The number of rotatable bonds is 3. The van der Waals surface area contributed by atoms with Crippen LogP contribution in [0.15, 0.2) is 28.7 Å². The first-order valence-electron chi connectivity index (χ1n) is 10.3. The van der Waals surface area contributed by atoms with Crippen molar-refractivity contribution < 1.29 is 44.1 Å². The maximum Gasteiger partial charge on any atom is 0.314 e. The number of likely N-dealkylation sites (N-methyl/N-ethyl adjacent to an activating group) is 1. The molecule has 3 aliphatic rings. The van der Waals surface area contributed by atoms with Crippen molar-refractivity contribution in [3.63, 3.8) is 0 Å². The Morgan fingerprint density at radius 3 is 2.41 bits per heavy atom. The molecule has 0 fully saturated rings. The number of carbonyl (C=O) groups is 3. The Hall–Kier alpha value is -3.64. The van der Waals surface area contributed by atoms with E-state index in [-0.39, 0.29) is 18.4 Å². The summed E-state index contributed by atoms with van der Waals surface area (Å²) in [6.45, 7) is 0.998. The highest BCUT2D eigenvalue weighted by Gasteiger charge is 2.63. The minimum atomic E-state index is -2.77. The molecule has 180 valence electrons. The normalized spacial score (nSPS) is 28.6. The van der Waals surface area contributed by atoms with E-state index in [4.69, 9.17) is 0 Å². The second-order valence-corrected chi connectivity index (χ2v) is 8.99. The zero-order chi connectivity index (χ0) is 25.4. The molecular formula is C22H21FN2O9. The lowest BCUT2D eigenvalue weighted by Gasteiger charge is -2.50. The number of ketones is 3. The lowest BCUT2D eigenvalue weighted by Crippen LogP contribution is -2.63. The molecule has 0 aromatic heterocycles. The van der Waals surface area contributed by atoms with Crippen LogP contribution in [-0.2, 0) is 16.0 Å². The van der Waals surface area contributed by atoms with Crippen LogP contribution in [0.2, 0.25) is 0 Å². The van der Waals surface area contributed by atoms with Gasteiger partial charge in [-0.2, -0.15) is 0 Å². The number of Topliss-reactive ketones (excluding diaryl/α,β-unsaturated/α-hetero) is 3. The second kappa shape index (κ2) is 7.43. The van der Waals surface area contributed by atoms with Crippen molar-refractivity contribution in [3.05, 3.63) is 55.8 Å². The van der Waals surface area contributed by atoms with Crippen molar-refractivity contribution in [3.8, 4) is 5.75 Å². The topological polar surface area (TPSA) is 179 Å². The van der Waals surface area contributed by atoms with Crippen molar-refractivity contribution in [1.82, 2.24) is 4.90 Å². The number of nitro benzene ring substituents is 1. The van der Waals surface area contributed by atoms with E-state index in [9.17, 15) is 49.3 Å². The van der Waals surface area contributed by atoms with Crippen LogP contribution in [0, 0.1) is 27.8 Å².